The summed E-state index contributed by atoms with van der Waals surface area (Å²) in [6.07, 6.45) is 9.34. The summed E-state index contributed by atoms with van der Waals surface area (Å²) >= 11 is 0. The zero-order valence-corrected chi connectivity index (χ0v) is 27.1. The standard InChI is InChI=1S/C38H52O6/c1-7-9-10-11-29-12-14-31(15-13-29)32-16-18-33(19-17-32)36-21-20-34(22-30(36)8-2)35(23-43-37(41)25(3)27(5)39)24-44-38(42)26(4)28(6)40/h16-22,27-29,31,35,39-40H,3-4,7-15,23-24H2,1-2,5-6H3. The van der Waals surface area contributed by atoms with Gasteiger partial charge >= 0.3 is 11.9 Å². The molecule has 3 rings (SSSR count). The number of aryl methyl sites for hydroxylation is 1. The Morgan fingerprint density at radius 3 is 1.91 bits per heavy atom. The molecular formula is C38H52O6. The Bertz CT molecular complexity index is 1210. The molecule has 1 fully saturated rings. The van der Waals surface area contributed by atoms with Crippen molar-refractivity contribution in [3.05, 3.63) is 83.5 Å². The van der Waals surface area contributed by atoms with Crippen LogP contribution in [-0.2, 0) is 25.5 Å². The summed E-state index contributed by atoms with van der Waals surface area (Å²) in [5.41, 5.74) is 5.61. The van der Waals surface area contributed by atoms with Crippen LogP contribution in [0, 0.1) is 5.92 Å². The first-order valence-corrected chi connectivity index (χ1v) is 16.4. The van der Waals surface area contributed by atoms with Gasteiger partial charge in [0.25, 0.3) is 0 Å². The van der Waals surface area contributed by atoms with Crippen molar-refractivity contribution in [2.45, 2.75) is 110 Å². The highest BCUT2D eigenvalue weighted by atomic mass is 16.5. The Balaban J connectivity index is 1.75. The van der Waals surface area contributed by atoms with E-state index in [9.17, 15) is 19.8 Å². The molecule has 2 atom stereocenters. The van der Waals surface area contributed by atoms with E-state index >= 15 is 0 Å². The number of carbonyl (C=O) groups is 2. The van der Waals surface area contributed by atoms with Gasteiger partial charge < -0.3 is 19.7 Å². The minimum absolute atomic E-state index is 0.0451. The predicted octanol–water partition coefficient (Wildman–Crippen LogP) is 7.81. The number of carbonyl (C=O) groups excluding carboxylic acids is 2. The van der Waals surface area contributed by atoms with Gasteiger partial charge in [-0.3, -0.25) is 0 Å². The third-order valence-electron chi connectivity index (χ3n) is 9.10. The van der Waals surface area contributed by atoms with Crippen molar-refractivity contribution in [2.24, 2.45) is 5.92 Å². The number of hydrogen-bond acceptors (Lipinski definition) is 6. The summed E-state index contributed by atoms with van der Waals surface area (Å²) in [7, 11) is 0. The molecule has 0 bridgehead atoms. The highest BCUT2D eigenvalue weighted by molar-refractivity contribution is 5.89. The first-order valence-electron chi connectivity index (χ1n) is 16.4. The Labute approximate surface area is 264 Å². The first kappa shape index (κ1) is 35.3. The number of aliphatic hydroxyl groups excluding tert-OH is 2. The molecule has 6 heteroatoms. The van der Waals surface area contributed by atoms with Crippen molar-refractivity contribution in [1.29, 1.82) is 0 Å². The molecule has 0 aromatic heterocycles. The summed E-state index contributed by atoms with van der Waals surface area (Å²) < 4.78 is 10.9. The van der Waals surface area contributed by atoms with Gasteiger partial charge in [0.1, 0.15) is 13.2 Å². The monoisotopic (exact) mass is 604 g/mol. The number of rotatable bonds is 16. The van der Waals surface area contributed by atoms with Crippen molar-refractivity contribution in [3.63, 3.8) is 0 Å². The average Bonchev–Trinajstić information content (AvgIpc) is 3.03. The van der Waals surface area contributed by atoms with E-state index in [1.807, 2.05) is 6.07 Å². The Morgan fingerprint density at radius 2 is 1.41 bits per heavy atom. The van der Waals surface area contributed by atoms with E-state index in [1.54, 1.807) is 0 Å². The maximum Gasteiger partial charge on any atom is 0.336 e. The van der Waals surface area contributed by atoms with Crippen LogP contribution in [0.25, 0.3) is 11.1 Å². The molecule has 1 saturated carbocycles. The lowest BCUT2D eigenvalue weighted by molar-refractivity contribution is -0.143. The maximum absolute atomic E-state index is 12.4. The fourth-order valence-corrected chi connectivity index (χ4v) is 5.96. The summed E-state index contributed by atoms with van der Waals surface area (Å²) in [4.78, 5) is 24.8. The van der Waals surface area contributed by atoms with Crippen LogP contribution in [0.15, 0.2) is 66.8 Å². The number of benzene rings is 2. The van der Waals surface area contributed by atoms with Crippen LogP contribution in [0.4, 0.5) is 0 Å². The van der Waals surface area contributed by atoms with Gasteiger partial charge in [-0.2, -0.15) is 0 Å². The maximum atomic E-state index is 12.4. The van der Waals surface area contributed by atoms with Gasteiger partial charge in [-0.05, 0) is 85.6 Å². The number of ether oxygens (including phenoxy) is 2. The zero-order chi connectivity index (χ0) is 32.2. The van der Waals surface area contributed by atoms with Crippen LogP contribution < -0.4 is 0 Å². The topological polar surface area (TPSA) is 93.1 Å². The largest absolute Gasteiger partial charge is 0.461 e. The average molecular weight is 605 g/mol. The van der Waals surface area contributed by atoms with Crippen molar-refractivity contribution in [3.8, 4) is 11.1 Å². The molecule has 2 unspecified atom stereocenters. The minimum atomic E-state index is -1.03. The van der Waals surface area contributed by atoms with E-state index in [1.165, 1.54) is 70.8 Å². The van der Waals surface area contributed by atoms with Gasteiger partial charge in [-0.25, -0.2) is 9.59 Å². The molecule has 44 heavy (non-hydrogen) atoms. The number of unbranched alkanes of at least 4 members (excludes halogenated alkanes) is 2. The van der Waals surface area contributed by atoms with E-state index in [0.29, 0.717) is 5.92 Å². The fourth-order valence-electron chi connectivity index (χ4n) is 5.96. The van der Waals surface area contributed by atoms with Crippen LogP contribution in [0.3, 0.4) is 0 Å². The van der Waals surface area contributed by atoms with E-state index in [-0.39, 0.29) is 24.4 Å². The lowest BCUT2D eigenvalue weighted by Gasteiger charge is -2.29. The molecule has 0 radical (unpaired) electrons. The van der Waals surface area contributed by atoms with Crippen LogP contribution in [0.1, 0.15) is 108 Å². The third kappa shape index (κ3) is 9.90. The quantitative estimate of drug-likeness (QED) is 0.115. The highest BCUT2D eigenvalue weighted by Crippen LogP contribution is 2.38. The highest BCUT2D eigenvalue weighted by Gasteiger charge is 2.24. The molecule has 2 aromatic carbocycles. The molecule has 6 nitrogen and oxygen atoms in total. The van der Waals surface area contributed by atoms with Crippen LogP contribution in [-0.4, -0.2) is 47.6 Å². The molecule has 2 N–H and O–H groups in total. The summed E-state index contributed by atoms with van der Waals surface area (Å²) in [6, 6.07) is 15.1. The third-order valence-corrected chi connectivity index (χ3v) is 9.10. The molecular weight excluding hydrogens is 552 g/mol. The molecule has 240 valence electrons. The van der Waals surface area contributed by atoms with Crippen LogP contribution >= 0.6 is 0 Å². The molecule has 1 aliphatic rings. The molecule has 0 amide bonds. The molecule has 2 aromatic rings. The second kappa shape index (κ2) is 17.3. The SMILES string of the molecule is C=C(C(=O)OCC(COC(=O)C(=C)C(C)O)c1ccc(-c2ccc(C3CCC(CCCCC)CC3)cc2)c(CC)c1)C(C)O. The van der Waals surface area contributed by atoms with Gasteiger partial charge in [0, 0.05) is 0 Å². The Kier molecular flexibility index (Phi) is 13.9. The van der Waals surface area contributed by atoms with E-state index in [2.05, 4.69) is 63.4 Å². The molecule has 0 aliphatic heterocycles. The number of aliphatic hydroxyl groups is 2. The smallest absolute Gasteiger partial charge is 0.336 e. The summed E-state index contributed by atoms with van der Waals surface area (Å²) in [5.74, 6) is -0.345. The predicted molar refractivity (Wildman–Crippen MR) is 176 cm³/mol. The van der Waals surface area contributed by atoms with Crippen LogP contribution in [0.2, 0.25) is 0 Å². The molecule has 0 spiro atoms. The number of esters is 2. The van der Waals surface area contributed by atoms with Gasteiger partial charge in [-0.15, -0.1) is 0 Å². The van der Waals surface area contributed by atoms with Crippen molar-refractivity contribution < 1.29 is 29.3 Å². The molecule has 1 aliphatic carbocycles. The Morgan fingerprint density at radius 1 is 0.841 bits per heavy atom. The van der Waals surface area contributed by atoms with Crippen molar-refractivity contribution >= 4 is 11.9 Å². The fraction of sp³-hybridized carbons (Fsp3) is 0.526. The summed E-state index contributed by atoms with van der Waals surface area (Å²) in [6.45, 7) is 14.3. The van der Waals surface area contributed by atoms with Gasteiger partial charge in [0.05, 0.1) is 29.3 Å². The summed E-state index contributed by atoms with van der Waals surface area (Å²) in [5, 5.41) is 19.4. The first-order chi connectivity index (χ1) is 21.0. The van der Waals surface area contributed by atoms with E-state index in [0.717, 1.165) is 34.6 Å². The zero-order valence-electron chi connectivity index (χ0n) is 27.1. The van der Waals surface area contributed by atoms with Crippen LogP contribution in [0.5, 0.6) is 0 Å². The Hall–Kier alpha value is -3.22. The minimum Gasteiger partial charge on any atom is -0.461 e. The molecule has 0 saturated heterocycles. The van der Waals surface area contributed by atoms with Gasteiger partial charge in [0.15, 0.2) is 0 Å². The van der Waals surface area contributed by atoms with E-state index in [4.69, 9.17) is 9.47 Å². The molecule has 0 heterocycles. The van der Waals surface area contributed by atoms with Crippen molar-refractivity contribution in [1.82, 2.24) is 0 Å². The second-order valence-corrected chi connectivity index (χ2v) is 12.4. The normalized spacial score (nSPS) is 18.6. The second-order valence-electron chi connectivity index (χ2n) is 12.4. The lowest BCUT2D eigenvalue weighted by atomic mass is 9.77. The number of hydrogen-bond donors (Lipinski definition) is 2. The van der Waals surface area contributed by atoms with Gasteiger partial charge in [-0.1, -0.05) is 95.2 Å². The van der Waals surface area contributed by atoms with Gasteiger partial charge in [0.2, 0.25) is 0 Å². The van der Waals surface area contributed by atoms with E-state index < -0.39 is 30.1 Å². The lowest BCUT2D eigenvalue weighted by Crippen LogP contribution is -2.24. The van der Waals surface area contributed by atoms with Crippen molar-refractivity contribution in [2.75, 3.05) is 13.2 Å².